The number of amides is 1. The maximum Gasteiger partial charge on any atom is 0.260 e. The van der Waals surface area contributed by atoms with E-state index >= 15 is 0 Å². The van der Waals surface area contributed by atoms with Crippen molar-refractivity contribution in [1.82, 2.24) is 10.1 Å². The molecule has 7 nitrogen and oxygen atoms in total. The van der Waals surface area contributed by atoms with E-state index in [2.05, 4.69) is 15.5 Å². The van der Waals surface area contributed by atoms with Crippen LogP contribution in [0.4, 0.5) is 5.69 Å². The highest BCUT2D eigenvalue weighted by molar-refractivity contribution is 6.06. The topological polar surface area (TPSA) is 86.5 Å². The lowest BCUT2D eigenvalue weighted by Crippen LogP contribution is -2.12. The average Bonchev–Trinajstić information content (AvgIpc) is 3.30. The summed E-state index contributed by atoms with van der Waals surface area (Å²) in [7, 11) is 1.61. The second-order valence-electron chi connectivity index (χ2n) is 6.61. The van der Waals surface area contributed by atoms with Gasteiger partial charge >= 0.3 is 0 Å². The van der Waals surface area contributed by atoms with Gasteiger partial charge in [0.25, 0.3) is 11.8 Å². The van der Waals surface area contributed by atoms with Crippen LogP contribution in [-0.4, -0.2) is 29.8 Å². The second-order valence-corrected chi connectivity index (χ2v) is 6.61. The molecule has 0 saturated carbocycles. The van der Waals surface area contributed by atoms with E-state index in [0.29, 0.717) is 35.1 Å². The maximum atomic E-state index is 12.7. The third-order valence-corrected chi connectivity index (χ3v) is 4.61. The van der Waals surface area contributed by atoms with Crippen LogP contribution in [0.25, 0.3) is 22.8 Å². The highest BCUT2D eigenvalue weighted by atomic mass is 16.5. The Hall–Kier alpha value is -4.13. The molecule has 0 aliphatic heterocycles. The number of methoxy groups -OCH3 is 1. The molecule has 4 aromatic rings. The Morgan fingerprint density at radius 2 is 1.68 bits per heavy atom. The van der Waals surface area contributed by atoms with E-state index in [9.17, 15) is 4.79 Å². The molecule has 0 spiro atoms. The molecule has 0 atom stereocenters. The van der Waals surface area contributed by atoms with Crippen molar-refractivity contribution in [1.29, 1.82) is 0 Å². The fourth-order valence-corrected chi connectivity index (χ4v) is 3.03. The number of aromatic nitrogens is 2. The molecule has 4 rings (SSSR count). The first-order valence-electron chi connectivity index (χ1n) is 9.79. The Labute approximate surface area is 179 Å². The van der Waals surface area contributed by atoms with Gasteiger partial charge in [0.2, 0.25) is 5.82 Å². The van der Waals surface area contributed by atoms with Crippen molar-refractivity contribution in [2.24, 2.45) is 0 Å². The summed E-state index contributed by atoms with van der Waals surface area (Å²) in [6.45, 7) is 2.48. The number of anilines is 1. The number of carbonyl (C=O) groups excluding carboxylic acids is 1. The van der Waals surface area contributed by atoms with Crippen LogP contribution in [0.15, 0.2) is 77.3 Å². The second kappa shape index (κ2) is 9.13. The molecular formula is C24H21N3O4. The first kappa shape index (κ1) is 20.2. The van der Waals surface area contributed by atoms with E-state index in [1.807, 2.05) is 49.4 Å². The lowest BCUT2D eigenvalue weighted by atomic mass is 10.1. The lowest BCUT2D eigenvalue weighted by molar-refractivity contribution is 0.102. The number of hydrogen-bond acceptors (Lipinski definition) is 6. The number of carbonyl (C=O) groups is 1. The van der Waals surface area contributed by atoms with E-state index in [1.54, 1.807) is 37.4 Å². The zero-order valence-electron chi connectivity index (χ0n) is 17.2. The van der Waals surface area contributed by atoms with Crippen LogP contribution in [0.5, 0.6) is 11.5 Å². The Morgan fingerprint density at radius 3 is 2.39 bits per heavy atom. The third kappa shape index (κ3) is 4.56. The number of rotatable bonds is 7. The van der Waals surface area contributed by atoms with Gasteiger partial charge in [-0.05, 0) is 67.6 Å². The van der Waals surface area contributed by atoms with Crippen molar-refractivity contribution >= 4 is 11.6 Å². The Kier molecular flexibility index (Phi) is 5.93. The zero-order valence-corrected chi connectivity index (χ0v) is 17.2. The molecule has 0 fully saturated rings. The van der Waals surface area contributed by atoms with E-state index < -0.39 is 0 Å². The summed E-state index contributed by atoms with van der Waals surface area (Å²) in [4.78, 5) is 17.2. The quantitative estimate of drug-likeness (QED) is 0.454. The van der Waals surface area contributed by atoms with Crippen LogP contribution in [0.2, 0.25) is 0 Å². The van der Waals surface area contributed by atoms with Crippen LogP contribution >= 0.6 is 0 Å². The van der Waals surface area contributed by atoms with Crippen molar-refractivity contribution < 1.29 is 18.8 Å². The van der Waals surface area contributed by atoms with Gasteiger partial charge in [-0.1, -0.05) is 17.3 Å². The van der Waals surface area contributed by atoms with Gasteiger partial charge in [-0.2, -0.15) is 4.98 Å². The van der Waals surface area contributed by atoms with Crippen LogP contribution < -0.4 is 14.8 Å². The predicted octanol–water partition coefficient (Wildman–Crippen LogP) is 5.06. The summed E-state index contributed by atoms with van der Waals surface area (Å²) in [6, 6.07) is 21.6. The zero-order chi connectivity index (χ0) is 21.6. The van der Waals surface area contributed by atoms with E-state index in [-0.39, 0.29) is 5.91 Å². The van der Waals surface area contributed by atoms with Gasteiger partial charge in [0.1, 0.15) is 11.5 Å². The SMILES string of the molecule is CCOc1ccc(C(=O)Nc2ccccc2-c2nc(-c3ccc(OC)cc3)no2)cc1. The third-order valence-electron chi connectivity index (χ3n) is 4.61. The van der Waals surface area contributed by atoms with Crippen LogP contribution in [0.1, 0.15) is 17.3 Å². The molecule has 1 amide bonds. The molecule has 0 aliphatic carbocycles. The molecule has 1 N–H and O–H groups in total. The normalized spacial score (nSPS) is 10.5. The van der Waals surface area contributed by atoms with Gasteiger partial charge in [0.15, 0.2) is 0 Å². The van der Waals surface area contributed by atoms with Crippen molar-refractivity contribution in [3.8, 4) is 34.3 Å². The molecule has 156 valence electrons. The Morgan fingerprint density at radius 1 is 0.968 bits per heavy atom. The van der Waals surface area contributed by atoms with Gasteiger partial charge in [-0.3, -0.25) is 4.79 Å². The molecule has 0 unspecified atom stereocenters. The summed E-state index contributed by atoms with van der Waals surface area (Å²) in [6.07, 6.45) is 0. The molecule has 0 aliphatic rings. The molecule has 0 bridgehead atoms. The number of nitrogens with one attached hydrogen (secondary N) is 1. The fraction of sp³-hybridized carbons (Fsp3) is 0.125. The molecular weight excluding hydrogens is 394 g/mol. The summed E-state index contributed by atoms with van der Waals surface area (Å²) in [5.74, 6) is 1.98. The van der Waals surface area contributed by atoms with E-state index in [4.69, 9.17) is 14.0 Å². The van der Waals surface area contributed by atoms with Gasteiger partial charge in [0.05, 0.1) is 25.0 Å². The van der Waals surface area contributed by atoms with Crippen LogP contribution in [0.3, 0.4) is 0 Å². The molecule has 1 heterocycles. The van der Waals surface area contributed by atoms with Crippen LogP contribution in [-0.2, 0) is 0 Å². The van der Waals surface area contributed by atoms with Gasteiger partial charge in [0, 0.05) is 11.1 Å². The highest BCUT2D eigenvalue weighted by Gasteiger charge is 2.16. The van der Waals surface area contributed by atoms with E-state index in [0.717, 1.165) is 17.1 Å². The Balaban J connectivity index is 1.56. The lowest BCUT2D eigenvalue weighted by Gasteiger charge is -2.09. The van der Waals surface area contributed by atoms with Crippen molar-refractivity contribution in [2.75, 3.05) is 19.0 Å². The molecule has 7 heteroatoms. The largest absolute Gasteiger partial charge is 0.497 e. The number of para-hydroxylation sites is 1. The van der Waals surface area contributed by atoms with Crippen molar-refractivity contribution in [3.05, 3.63) is 78.4 Å². The monoisotopic (exact) mass is 415 g/mol. The highest BCUT2D eigenvalue weighted by Crippen LogP contribution is 2.29. The van der Waals surface area contributed by atoms with Gasteiger partial charge < -0.3 is 19.3 Å². The first-order valence-corrected chi connectivity index (χ1v) is 9.79. The minimum Gasteiger partial charge on any atom is -0.497 e. The van der Waals surface area contributed by atoms with E-state index in [1.165, 1.54) is 0 Å². The Bertz CT molecular complexity index is 1170. The molecule has 31 heavy (non-hydrogen) atoms. The summed E-state index contributed by atoms with van der Waals surface area (Å²) >= 11 is 0. The fourth-order valence-electron chi connectivity index (χ4n) is 3.03. The summed E-state index contributed by atoms with van der Waals surface area (Å²) in [5, 5.41) is 6.99. The number of nitrogens with zero attached hydrogens (tertiary/aromatic N) is 2. The summed E-state index contributed by atoms with van der Waals surface area (Å²) < 4.78 is 16.1. The predicted molar refractivity (Wildman–Crippen MR) is 117 cm³/mol. The van der Waals surface area contributed by atoms with Crippen LogP contribution in [0, 0.1) is 0 Å². The number of benzene rings is 3. The minimum atomic E-state index is -0.245. The minimum absolute atomic E-state index is 0.245. The van der Waals surface area contributed by atoms with Crippen molar-refractivity contribution in [2.45, 2.75) is 6.92 Å². The smallest absolute Gasteiger partial charge is 0.260 e. The first-order chi connectivity index (χ1) is 15.2. The van der Waals surface area contributed by atoms with Gasteiger partial charge in [-0.25, -0.2) is 0 Å². The molecule has 0 saturated heterocycles. The number of hydrogen-bond donors (Lipinski definition) is 1. The maximum absolute atomic E-state index is 12.7. The molecule has 1 aromatic heterocycles. The van der Waals surface area contributed by atoms with Gasteiger partial charge in [-0.15, -0.1) is 0 Å². The number of ether oxygens (including phenoxy) is 2. The standard InChI is InChI=1S/C24H21N3O4/c1-3-30-19-14-10-17(11-15-19)23(28)25-21-7-5-4-6-20(21)24-26-22(27-31-24)16-8-12-18(29-2)13-9-16/h4-15H,3H2,1-2H3,(H,25,28). The molecule has 0 radical (unpaired) electrons. The molecule has 3 aromatic carbocycles. The van der Waals surface area contributed by atoms with Crippen molar-refractivity contribution in [3.63, 3.8) is 0 Å². The average molecular weight is 415 g/mol. The summed E-state index contributed by atoms with van der Waals surface area (Å²) in [5.41, 5.74) is 2.52.